The van der Waals surface area contributed by atoms with E-state index in [1.807, 2.05) is 48.5 Å². The van der Waals surface area contributed by atoms with Crippen LogP contribution in [0, 0.1) is 5.92 Å². The third kappa shape index (κ3) is 9.90. The summed E-state index contributed by atoms with van der Waals surface area (Å²) in [6.45, 7) is 5.52. The average molecular weight is 530 g/mol. The van der Waals surface area contributed by atoms with Crippen LogP contribution in [-0.4, -0.2) is 56.2 Å². The number of unbranched alkanes of at least 4 members (excludes halogenated alkanes) is 3. The topological polar surface area (TPSA) is 86.4 Å². The van der Waals surface area contributed by atoms with Crippen LogP contribution in [0.3, 0.4) is 0 Å². The van der Waals surface area contributed by atoms with Crippen LogP contribution >= 0.6 is 11.6 Å². The summed E-state index contributed by atoms with van der Waals surface area (Å²) < 4.78 is 11.6. The van der Waals surface area contributed by atoms with E-state index in [9.17, 15) is 4.79 Å². The predicted molar refractivity (Wildman–Crippen MR) is 148 cm³/mol. The zero-order valence-corrected chi connectivity index (χ0v) is 22.8. The number of hydrogen-bond donors (Lipinski definition) is 1. The highest BCUT2D eigenvalue weighted by atomic mass is 35.5. The number of rotatable bonds is 14. The van der Waals surface area contributed by atoms with Gasteiger partial charge in [0.25, 0.3) is 0 Å². The zero-order valence-electron chi connectivity index (χ0n) is 22.0. The molecule has 7 nitrogen and oxygen atoms in total. The standard InChI is InChI=1S/C29H40ClN3O4/c1-3-4-5-6-9-27(37-29(31)34)20-33-17-15-22(16-18-33)21-36-26-10-7-8-24(19-26)28(32-35-2)23-11-13-25(30)14-12-23/h7-8,10-14,19,22,27H,3-6,9,15-18,20-21H2,1-2H3,(H2,31,34)/b32-28+/t27-/m0/s1. The SMILES string of the molecule is CCCCCC[C@@H](CN1CCC(COc2cccc(/C(=N/OC)c3ccc(Cl)cc3)c2)CC1)OC(N)=O. The average Bonchev–Trinajstić information content (AvgIpc) is 2.90. The van der Waals surface area contributed by atoms with E-state index >= 15 is 0 Å². The van der Waals surface area contributed by atoms with Crippen molar-refractivity contribution in [2.24, 2.45) is 16.8 Å². The molecule has 0 aliphatic carbocycles. The quantitative estimate of drug-likeness (QED) is 0.177. The maximum Gasteiger partial charge on any atom is 0.404 e. The van der Waals surface area contributed by atoms with Crippen molar-refractivity contribution in [1.29, 1.82) is 0 Å². The Kier molecular flexibility index (Phi) is 12.0. The van der Waals surface area contributed by atoms with E-state index in [2.05, 4.69) is 17.0 Å². The molecule has 0 radical (unpaired) electrons. The van der Waals surface area contributed by atoms with Crippen LogP contribution < -0.4 is 10.5 Å². The number of carbonyl (C=O) groups excluding carboxylic acids is 1. The Morgan fingerprint density at radius 3 is 2.54 bits per heavy atom. The lowest BCUT2D eigenvalue weighted by atomic mass is 9.97. The summed E-state index contributed by atoms with van der Waals surface area (Å²) in [6, 6.07) is 15.4. The van der Waals surface area contributed by atoms with Crippen molar-refractivity contribution in [3.05, 3.63) is 64.7 Å². The summed E-state index contributed by atoms with van der Waals surface area (Å²) in [7, 11) is 1.54. The van der Waals surface area contributed by atoms with Crippen LogP contribution in [0.4, 0.5) is 4.79 Å². The van der Waals surface area contributed by atoms with Crippen molar-refractivity contribution in [1.82, 2.24) is 4.90 Å². The third-order valence-electron chi connectivity index (χ3n) is 6.72. The Hall–Kier alpha value is -2.77. The van der Waals surface area contributed by atoms with Gasteiger partial charge in [-0.25, -0.2) is 4.79 Å². The molecule has 1 aliphatic rings. The molecule has 3 rings (SSSR count). The van der Waals surface area contributed by atoms with Crippen molar-refractivity contribution >= 4 is 23.4 Å². The Bertz CT molecular complexity index is 991. The molecule has 1 fully saturated rings. The maximum absolute atomic E-state index is 11.4. The molecule has 0 spiro atoms. The second kappa shape index (κ2) is 15.5. The first-order valence-corrected chi connectivity index (χ1v) is 13.6. The normalized spacial score (nSPS) is 15.8. The van der Waals surface area contributed by atoms with E-state index in [4.69, 9.17) is 31.6 Å². The van der Waals surface area contributed by atoms with E-state index in [0.717, 1.165) is 74.3 Å². The highest BCUT2D eigenvalue weighted by molar-refractivity contribution is 6.30. The van der Waals surface area contributed by atoms with Crippen LogP contribution in [0.15, 0.2) is 53.7 Å². The fraction of sp³-hybridized carbons (Fsp3) is 0.517. The van der Waals surface area contributed by atoms with Crippen LogP contribution in [0.2, 0.25) is 5.02 Å². The minimum Gasteiger partial charge on any atom is -0.493 e. The highest BCUT2D eigenvalue weighted by Gasteiger charge is 2.23. The van der Waals surface area contributed by atoms with Gasteiger partial charge in [0.15, 0.2) is 0 Å². The van der Waals surface area contributed by atoms with Gasteiger partial charge in [0.1, 0.15) is 24.7 Å². The monoisotopic (exact) mass is 529 g/mol. The van der Waals surface area contributed by atoms with E-state index in [-0.39, 0.29) is 6.10 Å². The van der Waals surface area contributed by atoms with E-state index in [1.165, 1.54) is 20.0 Å². The smallest absolute Gasteiger partial charge is 0.404 e. The molecular formula is C29H40ClN3O4. The largest absolute Gasteiger partial charge is 0.493 e. The second-order valence-corrected chi connectivity index (χ2v) is 10.1. The van der Waals surface area contributed by atoms with Crippen LogP contribution in [0.25, 0.3) is 0 Å². The lowest BCUT2D eigenvalue weighted by Gasteiger charge is -2.33. The van der Waals surface area contributed by atoms with Gasteiger partial charge >= 0.3 is 6.09 Å². The van der Waals surface area contributed by atoms with E-state index in [0.29, 0.717) is 17.5 Å². The summed E-state index contributed by atoms with van der Waals surface area (Å²) in [4.78, 5) is 18.8. The lowest BCUT2D eigenvalue weighted by Crippen LogP contribution is -2.41. The number of halogens is 1. The molecule has 1 atom stereocenters. The molecule has 37 heavy (non-hydrogen) atoms. The van der Waals surface area contributed by atoms with Gasteiger partial charge in [-0.15, -0.1) is 0 Å². The minimum absolute atomic E-state index is 0.131. The number of nitrogens with zero attached hydrogens (tertiary/aromatic N) is 2. The Balaban J connectivity index is 1.50. The maximum atomic E-state index is 11.4. The first-order valence-electron chi connectivity index (χ1n) is 13.3. The number of benzene rings is 2. The molecule has 1 amide bonds. The lowest BCUT2D eigenvalue weighted by molar-refractivity contribution is 0.0537. The number of likely N-dealkylation sites (tertiary alicyclic amines) is 1. The first-order chi connectivity index (χ1) is 18.0. The molecule has 2 aromatic carbocycles. The van der Waals surface area contributed by atoms with Crippen molar-refractivity contribution in [3.63, 3.8) is 0 Å². The summed E-state index contributed by atoms with van der Waals surface area (Å²) in [5.74, 6) is 1.28. The fourth-order valence-corrected chi connectivity index (χ4v) is 4.82. The molecule has 2 N–H and O–H groups in total. The molecule has 0 saturated carbocycles. The van der Waals surface area contributed by atoms with Gasteiger partial charge in [-0.2, -0.15) is 0 Å². The van der Waals surface area contributed by atoms with Gasteiger partial charge in [0.2, 0.25) is 0 Å². The number of primary amides is 1. The number of ether oxygens (including phenoxy) is 2. The zero-order chi connectivity index (χ0) is 26.5. The number of hydrogen-bond acceptors (Lipinski definition) is 6. The predicted octanol–water partition coefficient (Wildman–Crippen LogP) is 6.26. The number of amides is 1. The van der Waals surface area contributed by atoms with Crippen LogP contribution in [-0.2, 0) is 9.57 Å². The minimum atomic E-state index is -0.680. The van der Waals surface area contributed by atoms with Crippen LogP contribution in [0.5, 0.6) is 5.75 Å². The summed E-state index contributed by atoms with van der Waals surface area (Å²) >= 11 is 6.04. The highest BCUT2D eigenvalue weighted by Crippen LogP contribution is 2.23. The van der Waals surface area contributed by atoms with Gasteiger partial charge in [0, 0.05) is 22.7 Å². The molecule has 8 heteroatoms. The molecule has 1 saturated heterocycles. The first kappa shape index (κ1) is 28.8. The van der Waals surface area contributed by atoms with E-state index < -0.39 is 6.09 Å². The summed E-state index contributed by atoms with van der Waals surface area (Å²) in [5, 5.41) is 4.91. The van der Waals surface area contributed by atoms with Gasteiger partial charge < -0.3 is 20.0 Å². The summed E-state index contributed by atoms with van der Waals surface area (Å²) in [6.07, 6.45) is 6.75. The fourth-order valence-electron chi connectivity index (χ4n) is 4.69. The van der Waals surface area contributed by atoms with Gasteiger partial charge in [0.05, 0.1) is 6.61 Å². The van der Waals surface area contributed by atoms with E-state index in [1.54, 1.807) is 0 Å². The summed E-state index contributed by atoms with van der Waals surface area (Å²) in [5.41, 5.74) is 7.87. The molecule has 0 unspecified atom stereocenters. The van der Waals surface area contributed by atoms with Crippen molar-refractivity contribution < 1.29 is 19.1 Å². The Morgan fingerprint density at radius 2 is 1.86 bits per heavy atom. The molecule has 2 aromatic rings. The number of piperidine rings is 1. The number of oxime groups is 1. The van der Waals surface area contributed by atoms with Crippen LogP contribution in [0.1, 0.15) is 63.0 Å². The van der Waals surface area contributed by atoms with Gasteiger partial charge in [-0.1, -0.05) is 67.2 Å². The molecule has 202 valence electrons. The number of carbonyl (C=O) groups is 1. The molecule has 1 heterocycles. The van der Waals surface area contributed by atoms with Crippen molar-refractivity contribution in [2.75, 3.05) is 33.4 Å². The van der Waals surface area contributed by atoms with Gasteiger partial charge in [-0.05, 0) is 69.0 Å². The van der Waals surface area contributed by atoms with Gasteiger partial charge in [-0.3, -0.25) is 4.90 Å². The van der Waals surface area contributed by atoms with Crippen molar-refractivity contribution in [2.45, 2.75) is 58.0 Å². The number of nitrogens with two attached hydrogens (primary N) is 1. The molecule has 1 aliphatic heterocycles. The van der Waals surface area contributed by atoms with Crippen molar-refractivity contribution in [3.8, 4) is 5.75 Å². The Labute approximate surface area is 225 Å². The molecule has 0 bridgehead atoms. The molecular weight excluding hydrogens is 490 g/mol. The molecule has 0 aromatic heterocycles. The Morgan fingerprint density at radius 1 is 1.11 bits per heavy atom. The third-order valence-corrected chi connectivity index (χ3v) is 6.98. The second-order valence-electron chi connectivity index (χ2n) is 9.62.